The first-order valence-corrected chi connectivity index (χ1v) is 8.38. The number of fused-ring (bicyclic) bond motifs is 3. The van der Waals surface area contributed by atoms with Crippen LogP contribution in [0.5, 0.6) is 5.75 Å². The van der Waals surface area contributed by atoms with Crippen molar-refractivity contribution in [2.45, 2.75) is 6.67 Å². The van der Waals surface area contributed by atoms with Crippen LogP contribution in [0.4, 0.5) is 10.5 Å². The number of carbonyl (C=O) groups is 1. The molecule has 3 aromatic rings. The quantitative estimate of drug-likeness (QED) is 0.668. The molecule has 7 heteroatoms. The van der Waals surface area contributed by atoms with Crippen molar-refractivity contribution in [2.75, 3.05) is 26.1 Å². The second-order valence-corrected chi connectivity index (χ2v) is 6.39. The first-order valence-electron chi connectivity index (χ1n) is 8.38. The lowest BCUT2D eigenvalue weighted by Crippen LogP contribution is -2.42. The van der Waals surface area contributed by atoms with Crippen LogP contribution in [0.2, 0.25) is 0 Å². The number of aromatic nitrogens is 2. The number of nitrogens with zero attached hydrogens (tertiary/aromatic N) is 4. The summed E-state index contributed by atoms with van der Waals surface area (Å²) >= 11 is 0. The molecule has 2 aromatic carbocycles. The summed E-state index contributed by atoms with van der Waals surface area (Å²) in [4.78, 5) is 20.7. The van der Waals surface area contributed by atoms with Crippen LogP contribution in [0.3, 0.4) is 0 Å². The maximum Gasteiger partial charge on any atom is 0.325 e. The van der Waals surface area contributed by atoms with Crippen LogP contribution >= 0.6 is 12.4 Å². The van der Waals surface area contributed by atoms with Gasteiger partial charge in [-0.1, -0.05) is 18.2 Å². The lowest BCUT2D eigenvalue weighted by Gasteiger charge is -2.33. The Morgan fingerprint density at radius 2 is 1.81 bits per heavy atom. The maximum atomic E-state index is 12.7. The summed E-state index contributed by atoms with van der Waals surface area (Å²) in [6.07, 6.45) is 1.87. The molecule has 1 aromatic heterocycles. The van der Waals surface area contributed by atoms with E-state index >= 15 is 0 Å². The fraction of sp³-hybridized carbons (Fsp3) is 0.200. The molecule has 27 heavy (non-hydrogen) atoms. The normalized spacial score (nSPS) is 11.9. The van der Waals surface area contributed by atoms with E-state index < -0.39 is 0 Å². The van der Waals surface area contributed by atoms with Gasteiger partial charge in [-0.15, -0.1) is 12.4 Å². The fourth-order valence-corrected chi connectivity index (χ4v) is 3.25. The second-order valence-electron chi connectivity index (χ2n) is 6.39. The number of halogens is 1. The van der Waals surface area contributed by atoms with Gasteiger partial charge in [-0.05, 0) is 30.3 Å². The SMILES string of the molecule is COc1ccc(-c2ncc3n2CN(C(=O)N(C)C)c2ccccc2-3)cc1.Cl. The lowest BCUT2D eigenvalue weighted by atomic mass is 10.1. The van der Waals surface area contributed by atoms with Gasteiger partial charge in [-0.2, -0.15) is 0 Å². The van der Waals surface area contributed by atoms with Gasteiger partial charge in [0.15, 0.2) is 0 Å². The average Bonchev–Trinajstić information content (AvgIpc) is 3.11. The van der Waals surface area contributed by atoms with Crippen molar-refractivity contribution in [3.8, 4) is 28.4 Å². The topological polar surface area (TPSA) is 50.6 Å². The molecule has 1 aliphatic heterocycles. The van der Waals surface area contributed by atoms with Gasteiger partial charge in [0.25, 0.3) is 0 Å². The van der Waals surface area contributed by atoms with E-state index in [2.05, 4.69) is 9.55 Å². The average molecular weight is 385 g/mol. The third-order valence-corrected chi connectivity index (χ3v) is 4.57. The van der Waals surface area contributed by atoms with Gasteiger partial charge in [0.1, 0.15) is 18.2 Å². The molecule has 2 amide bonds. The Bertz CT molecular complexity index is 966. The maximum absolute atomic E-state index is 12.7. The van der Waals surface area contributed by atoms with E-state index in [-0.39, 0.29) is 18.4 Å². The number of carbonyl (C=O) groups excluding carboxylic acids is 1. The molecule has 0 radical (unpaired) electrons. The van der Waals surface area contributed by atoms with E-state index in [1.54, 1.807) is 31.0 Å². The molecule has 0 N–H and O–H groups in total. The molecule has 0 saturated carbocycles. The van der Waals surface area contributed by atoms with E-state index in [4.69, 9.17) is 4.74 Å². The molecule has 6 nitrogen and oxygen atoms in total. The third-order valence-electron chi connectivity index (χ3n) is 4.57. The van der Waals surface area contributed by atoms with Crippen molar-refractivity contribution in [1.29, 1.82) is 0 Å². The standard InChI is InChI=1S/C20H20N4O2.ClH/c1-22(2)20(25)24-13-23-18(16-6-4-5-7-17(16)24)12-21-19(23)14-8-10-15(26-3)11-9-14;/h4-12H,13H2,1-3H3;1H. The highest BCUT2D eigenvalue weighted by Gasteiger charge is 2.29. The van der Waals surface area contributed by atoms with Crippen molar-refractivity contribution in [2.24, 2.45) is 0 Å². The molecule has 0 aliphatic carbocycles. The Labute approximate surface area is 164 Å². The number of benzene rings is 2. The molecule has 0 spiro atoms. The Kier molecular flexibility index (Phi) is 5.10. The van der Waals surface area contributed by atoms with Gasteiger partial charge in [-0.25, -0.2) is 9.78 Å². The third kappa shape index (κ3) is 3.13. The summed E-state index contributed by atoms with van der Waals surface area (Å²) in [5.41, 5.74) is 3.89. The highest BCUT2D eigenvalue weighted by molar-refractivity contribution is 5.97. The Balaban J connectivity index is 0.00000210. The highest BCUT2D eigenvalue weighted by Crippen LogP contribution is 2.38. The van der Waals surface area contributed by atoms with Crippen molar-refractivity contribution in [3.05, 3.63) is 54.7 Å². The summed E-state index contributed by atoms with van der Waals surface area (Å²) in [5, 5.41) is 0. The molecule has 0 unspecified atom stereocenters. The summed E-state index contributed by atoms with van der Waals surface area (Å²) in [6.45, 7) is 0.421. The zero-order chi connectivity index (χ0) is 18.3. The molecular formula is C20H21ClN4O2. The highest BCUT2D eigenvalue weighted by atomic mass is 35.5. The molecule has 0 atom stereocenters. The van der Waals surface area contributed by atoms with Crippen LogP contribution in [0, 0.1) is 0 Å². The smallest absolute Gasteiger partial charge is 0.325 e. The van der Waals surface area contributed by atoms with Gasteiger partial charge in [0.2, 0.25) is 0 Å². The molecule has 0 bridgehead atoms. The van der Waals surface area contributed by atoms with Gasteiger partial charge in [0.05, 0.1) is 24.7 Å². The molecule has 1 aliphatic rings. The van der Waals surface area contributed by atoms with Crippen molar-refractivity contribution in [1.82, 2.24) is 14.5 Å². The predicted molar refractivity (Wildman–Crippen MR) is 108 cm³/mol. The van der Waals surface area contributed by atoms with Crippen molar-refractivity contribution in [3.63, 3.8) is 0 Å². The van der Waals surface area contributed by atoms with Crippen LogP contribution < -0.4 is 9.64 Å². The lowest BCUT2D eigenvalue weighted by molar-refractivity contribution is 0.222. The Morgan fingerprint density at radius 1 is 1.11 bits per heavy atom. The van der Waals surface area contributed by atoms with E-state index in [0.717, 1.165) is 34.1 Å². The van der Waals surface area contributed by atoms with E-state index in [0.29, 0.717) is 6.67 Å². The van der Waals surface area contributed by atoms with Crippen LogP contribution in [-0.2, 0) is 6.67 Å². The number of anilines is 1. The number of methoxy groups -OCH3 is 1. The predicted octanol–water partition coefficient (Wildman–Crippen LogP) is 4.11. The van der Waals surface area contributed by atoms with Gasteiger partial charge in [0, 0.05) is 25.2 Å². The van der Waals surface area contributed by atoms with Gasteiger partial charge >= 0.3 is 6.03 Å². The first kappa shape index (κ1) is 18.8. The van der Waals surface area contributed by atoms with Crippen molar-refractivity contribution >= 4 is 24.1 Å². The largest absolute Gasteiger partial charge is 0.497 e. The second kappa shape index (κ2) is 7.32. The summed E-state index contributed by atoms with van der Waals surface area (Å²) in [5.74, 6) is 1.63. The molecule has 0 saturated heterocycles. The molecular weight excluding hydrogens is 364 g/mol. The number of rotatable bonds is 2. The van der Waals surface area contributed by atoms with Gasteiger partial charge < -0.3 is 14.2 Å². The summed E-state index contributed by atoms with van der Waals surface area (Å²) in [6, 6.07) is 15.7. The minimum atomic E-state index is -0.0579. The van der Waals surface area contributed by atoms with Crippen LogP contribution in [-0.4, -0.2) is 41.7 Å². The minimum absolute atomic E-state index is 0. The molecule has 0 fully saturated rings. The molecule has 140 valence electrons. The van der Waals surface area contributed by atoms with E-state index in [1.165, 1.54) is 0 Å². The molecule has 2 heterocycles. The van der Waals surface area contributed by atoms with Crippen molar-refractivity contribution < 1.29 is 9.53 Å². The zero-order valence-corrected chi connectivity index (χ0v) is 16.2. The Morgan fingerprint density at radius 3 is 2.48 bits per heavy atom. The first-order chi connectivity index (χ1) is 12.6. The monoisotopic (exact) mass is 384 g/mol. The number of amides is 2. The summed E-state index contributed by atoms with van der Waals surface area (Å²) in [7, 11) is 5.17. The number of hydrogen-bond donors (Lipinski definition) is 0. The van der Waals surface area contributed by atoms with Crippen LogP contribution in [0.15, 0.2) is 54.7 Å². The van der Waals surface area contributed by atoms with Crippen LogP contribution in [0.1, 0.15) is 0 Å². The number of imidazole rings is 1. The van der Waals surface area contributed by atoms with E-state index in [9.17, 15) is 4.79 Å². The molecule has 4 rings (SSSR count). The fourth-order valence-electron chi connectivity index (χ4n) is 3.25. The number of hydrogen-bond acceptors (Lipinski definition) is 3. The number of para-hydroxylation sites is 1. The summed E-state index contributed by atoms with van der Waals surface area (Å²) < 4.78 is 7.31. The minimum Gasteiger partial charge on any atom is -0.497 e. The van der Waals surface area contributed by atoms with Crippen LogP contribution in [0.25, 0.3) is 22.6 Å². The van der Waals surface area contributed by atoms with Gasteiger partial charge in [-0.3, -0.25) is 4.90 Å². The Hall–Kier alpha value is -2.99. The van der Waals surface area contributed by atoms with E-state index in [1.807, 2.05) is 54.7 Å². The number of ether oxygens (including phenoxy) is 1. The number of urea groups is 1. The zero-order valence-electron chi connectivity index (χ0n) is 15.4.